The Balaban J connectivity index is 2.22. The van der Waals surface area contributed by atoms with Gasteiger partial charge in [0.2, 0.25) is 5.91 Å². The molecule has 0 saturated heterocycles. The van der Waals surface area contributed by atoms with Gasteiger partial charge in [-0.2, -0.15) is 0 Å². The van der Waals surface area contributed by atoms with E-state index in [1.165, 1.54) is 41.7 Å². The Kier molecular flexibility index (Phi) is 6.65. The van der Waals surface area contributed by atoms with Gasteiger partial charge in [0.25, 0.3) is 5.91 Å². The molecule has 0 aliphatic heterocycles. The summed E-state index contributed by atoms with van der Waals surface area (Å²) in [5, 5.41) is 8.31. The number of hydrogen-bond acceptors (Lipinski definition) is 6. The summed E-state index contributed by atoms with van der Waals surface area (Å²) in [5.74, 6) is -0.981. The Morgan fingerprint density at radius 2 is 1.81 bits per heavy atom. The van der Waals surface area contributed by atoms with Gasteiger partial charge in [0.05, 0.1) is 7.11 Å². The highest BCUT2D eigenvalue weighted by molar-refractivity contribution is 7.03. The van der Waals surface area contributed by atoms with Crippen LogP contribution in [0.2, 0.25) is 0 Å². The Hall–Kier alpha value is -3.33. The van der Waals surface area contributed by atoms with Crippen molar-refractivity contribution in [2.24, 2.45) is 0 Å². The number of hydrogen-bond donors (Lipinski definition) is 1. The molecule has 162 valence electrons. The zero-order valence-electron chi connectivity index (χ0n) is 17.6. The number of carbonyl (C=O) groups excluding carboxylic acids is 2. The number of nitrogens with zero attached hydrogens (tertiary/aromatic N) is 3. The summed E-state index contributed by atoms with van der Waals surface area (Å²) in [5.41, 5.74) is 0.335. The van der Waals surface area contributed by atoms with Gasteiger partial charge in [-0.15, -0.1) is 5.10 Å². The van der Waals surface area contributed by atoms with Crippen LogP contribution in [0.3, 0.4) is 0 Å². The lowest BCUT2D eigenvalue weighted by Crippen LogP contribution is -2.49. The molecule has 2 aromatic carbocycles. The second kappa shape index (κ2) is 9.22. The molecule has 0 fully saturated rings. The maximum absolute atomic E-state index is 13.6. The van der Waals surface area contributed by atoms with Crippen LogP contribution in [-0.4, -0.2) is 34.1 Å². The molecule has 0 bridgehead atoms. The molecule has 0 saturated carbocycles. The first-order chi connectivity index (χ1) is 14.7. The van der Waals surface area contributed by atoms with E-state index in [9.17, 15) is 14.0 Å². The fourth-order valence-corrected chi connectivity index (χ4v) is 3.52. The normalized spacial score (nSPS) is 12.2. The summed E-state index contributed by atoms with van der Waals surface area (Å²) in [6.07, 6.45) is 0. The van der Waals surface area contributed by atoms with Crippen LogP contribution in [0.25, 0.3) is 0 Å². The van der Waals surface area contributed by atoms with Crippen LogP contribution in [0.4, 0.5) is 10.1 Å². The lowest BCUT2D eigenvalue weighted by Gasteiger charge is -2.34. The molecule has 3 aromatic rings. The van der Waals surface area contributed by atoms with Crippen LogP contribution in [-0.2, 0) is 4.79 Å². The molecule has 0 spiro atoms. The molecule has 9 heteroatoms. The maximum Gasteiger partial charge on any atom is 0.280 e. The number of methoxy groups -OCH3 is 1. The molecule has 0 aliphatic carbocycles. The zero-order valence-corrected chi connectivity index (χ0v) is 18.4. The van der Waals surface area contributed by atoms with Crippen molar-refractivity contribution in [3.63, 3.8) is 0 Å². The largest absolute Gasteiger partial charge is 0.496 e. The van der Waals surface area contributed by atoms with E-state index < -0.39 is 29.2 Å². The molecule has 2 amide bonds. The molecule has 1 aromatic heterocycles. The molecule has 1 heterocycles. The molecule has 0 aliphatic rings. The third-order valence-electron chi connectivity index (χ3n) is 4.34. The summed E-state index contributed by atoms with van der Waals surface area (Å²) in [6, 6.07) is 11.2. The van der Waals surface area contributed by atoms with Crippen molar-refractivity contribution in [2.75, 3.05) is 12.0 Å². The van der Waals surface area contributed by atoms with E-state index >= 15 is 0 Å². The van der Waals surface area contributed by atoms with Crippen molar-refractivity contribution < 1.29 is 18.7 Å². The van der Waals surface area contributed by atoms with Crippen molar-refractivity contribution in [3.05, 3.63) is 71.0 Å². The van der Waals surface area contributed by atoms with E-state index in [1.807, 2.05) is 20.8 Å². The van der Waals surface area contributed by atoms with E-state index in [2.05, 4.69) is 14.9 Å². The second-order valence-electron chi connectivity index (χ2n) is 7.83. The Morgan fingerprint density at radius 1 is 1.13 bits per heavy atom. The van der Waals surface area contributed by atoms with Crippen LogP contribution in [0, 0.1) is 5.82 Å². The molecule has 31 heavy (non-hydrogen) atoms. The van der Waals surface area contributed by atoms with E-state index in [1.54, 1.807) is 24.3 Å². The summed E-state index contributed by atoms with van der Waals surface area (Å²) in [7, 11) is 1.49. The number of rotatable bonds is 6. The summed E-state index contributed by atoms with van der Waals surface area (Å²) in [4.78, 5) is 28.3. The highest BCUT2D eigenvalue weighted by atomic mass is 32.1. The minimum Gasteiger partial charge on any atom is -0.496 e. The van der Waals surface area contributed by atoms with Gasteiger partial charge >= 0.3 is 0 Å². The minimum absolute atomic E-state index is 0.0813. The lowest BCUT2D eigenvalue weighted by atomic mass is 9.99. The fraction of sp³-hybridized carbons (Fsp3) is 0.273. The molecule has 1 atom stereocenters. The number of halogens is 1. The number of amides is 2. The molecule has 7 nitrogen and oxygen atoms in total. The third-order valence-corrected chi connectivity index (χ3v) is 4.85. The summed E-state index contributed by atoms with van der Waals surface area (Å²) < 4.78 is 22.9. The second-order valence-corrected chi connectivity index (χ2v) is 8.44. The SMILES string of the molecule is COc1ccccc1[C@@H](C(=O)NC(C)(C)C)N(C(=O)c1csnn1)c1ccc(F)cc1. The van der Waals surface area contributed by atoms with Gasteiger partial charge < -0.3 is 10.1 Å². The van der Waals surface area contributed by atoms with Crippen LogP contribution < -0.4 is 15.0 Å². The highest BCUT2D eigenvalue weighted by Gasteiger charge is 2.37. The first-order valence-electron chi connectivity index (χ1n) is 9.52. The average molecular weight is 443 g/mol. The van der Waals surface area contributed by atoms with Gasteiger partial charge in [-0.25, -0.2) is 4.39 Å². The maximum atomic E-state index is 13.6. The van der Waals surface area contributed by atoms with Crippen LogP contribution in [0.1, 0.15) is 42.9 Å². The Morgan fingerprint density at radius 3 is 2.39 bits per heavy atom. The van der Waals surface area contributed by atoms with Crippen molar-refractivity contribution in [3.8, 4) is 5.75 Å². The molecular formula is C22H23FN4O3S. The van der Waals surface area contributed by atoms with Crippen molar-refractivity contribution >= 4 is 29.0 Å². The topological polar surface area (TPSA) is 84.4 Å². The van der Waals surface area contributed by atoms with Crippen LogP contribution in [0.5, 0.6) is 5.75 Å². The number of anilines is 1. The first-order valence-corrected chi connectivity index (χ1v) is 10.4. The van der Waals surface area contributed by atoms with Gasteiger partial charge in [0, 0.05) is 22.2 Å². The van der Waals surface area contributed by atoms with E-state index in [-0.39, 0.29) is 5.69 Å². The van der Waals surface area contributed by atoms with E-state index in [4.69, 9.17) is 4.74 Å². The van der Waals surface area contributed by atoms with Gasteiger partial charge in [0.15, 0.2) is 5.69 Å². The molecule has 1 N–H and O–H groups in total. The number of para-hydroxylation sites is 1. The average Bonchev–Trinajstić information content (AvgIpc) is 3.26. The number of aromatic nitrogens is 2. The number of nitrogens with one attached hydrogen (secondary N) is 1. The van der Waals surface area contributed by atoms with Gasteiger partial charge in [0.1, 0.15) is 17.6 Å². The third kappa shape index (κ3) is 5.24. The van der Waals surface area contributed by atoms with Gasteiger partial charge in [-0.1, -0.05) is 22.7 Å². The zero-order chi connectivity index (χ0) is 22.6. The van der Waals surface area contributed by atoms with Crippen molar-refractivity contribution in [1.29, 1.82) is 0 Å². The first kappa shape index (κ1) is 22.4. The van der Waals surface area contributed by atoms with Gasteiger partial charge in [-0.3, -0.25) is 14.5 Å². The number of benzene rings is 2. The van der Waals surface area contributed by atoms with Crippen molar-refractivity contribution in [2.45, 2.75) is 32.4 Å². The Bertz CT molecular complexity index is 1050. The standard InChI is InChI=1S/C22H23FN4O3S/c1-22(2,3)24-20(28)19(16-7-5-6-8-18(16)30-4)27(15-11-9-14(23)10-12-15)21(29)17-13-31-26-25-17/h5-13,19H,1-4H3,(H,24,28)/t19-/m0/s1. The quantitative estimate of drug-likeness (QED) is 0.624. The van der Waals surface area contributed by atoms with Crippen molar-refractivity contribution in [1.82, 2.24) is 14.9 Å². The molecule has 0 radical (unpaired) electrons. The Labute approximate surface area is 184 Å². The summed E-state index contributed by atoms with van der Waals surface area (Å²) in [6.45, 7) is 5.54. The monoisotopic (exact) mass is 442 g/mol. The number of ether oxygens (including phenoxy) is 1. The minimum atomic E-state index is -1.10. The predicted octanol–water partition coefficient (Wildman–Crippen LogP) is 3.99. The lowest BCUT2D eigenvalue weighted by molar-refractivity contribution is -0.123. The van der Waals surface area contributed by atoms with Gasteiger partial charge in [-0.05, 0) is 62.6 Å². The highest BCUT2D eigenvalue weighted by Crippen LogP contribution is 2.34. The van der Waals surface area contributed by atoms with E-state index in [0.29, 0.717) is 17.0 Å². The molecule has 0 unspecified atom stereocenters. The fourth-order valence-electron chi connectivity index (χ4n) is 3.09. The predicted molar refractivity (Wildman–Crippen MR) is 117 cm³/mol. The summed E-state index contributed by atoms with van der Waals surface area (Å²) >= 11 is 1.02. The van der Waals surface area contributed by atoms with Crippen LogP contribution >= 0.6 is 11.5 Å². The molecule has 3 rings (SSSR count). The smallest absolute Gasteiger partial charge is 0.280 e. The number of carbonyl (C=O) groups is 2. The van der Waals surface area contributed by atoms with Crippen LogP contribution in [0.15, 0.2) is 53.9 Å². The molecular weight excluding hydrogens is 419 g/mol. The van der Waals surface area contributed by atoms with E-state index in [0.717, 1.165) is 11.5 Å².